The molecular formula is C20H19FN4O2S. The van der Waals surface area contributed by atoms with Gasteiger partial charge in [0.1, 0.15) is 5.82 Å². The predicted octanol–water partition coefficient (Wildman–Crippen LogP) is 3.18. The van der Waals surface area contributed by atoms with Crippen LogP contribution in [0.4, 0.5) is 4.39 Å². The lowest BCUT2D eigenvalue weighted by molar-refractivity contribution is -0.119. The number of hydrogen-bond acceptors (Lipinski definition) is 4. The van der Waals surface area contributed by atoms with Gasteiger partial charge in [-0.15, -0.1) is 0 Å². The number of carbonyl (C=O) groups is 2. The number of carbonyl (C=O) groups excluding carboxylic acids is 2. The van der Waals surface area contributed by atoms with Crippen molar-refractivity contribution in [3.63, 3.8) is 0 Å². The molecule has 3 aromatic rings. The second-order valence-electron chi connectivity index (χ2n) is 6.14. The fourth-order valence-electron chi connectivity index (χ4n) is 2.66. The van der Waals surface area contributed by atoms with E-state index in [1.807, 2.05) is 36.7 Å². The van der Waals surface area contributed by atoms with E-state index in [0.717, 1.165) is 11.3 Å². The summed E-state index contributed by atoms with van der Waals surface area (Å²) in [5.41, 5.74) is 7.61. The third kappa shape index (κ3) is 4.58. The largest absolute Gasteiger partial charge is 0.295 e. The number of aryl methyl sites for hydroxylation is 2. The lowest BCUT2D eigenvalue weighted by Gasteiger charge is -2.11. The molecule has 2 N–H and O–H groups in total. The van der Waals surface area contributed by atoms with Gasteiger partial charge in [0.05, 0.1) is 17.0 Å². The number of amides is 2. The first kappa shape index (κ1) is 19.6. The summed E-state index contributed by atoms with van der Waals surface area (Å²) in [6.07, 6.45) is 3.50. The molecule has 0 unspecified atom stereocenters. The van der Waals surface area contributed by atoms with E-state index in [0.29, 0.717) is 5.16 Å². The number of halogens is 1. The molecular weight excluding hydrogens is 379 g/mol. The monoisotopic (exact) mass is 398 g/mol. The van der Waals surface area contributed by atoms with Gasteiger partial charge in [-0.1, -0.05) is 41.6 Å². The predicted molar refractivity (Wildman–Crippen MR) is 106 cm³/mol. The summed E-state index contributed by atoms with van der Waals surface area (Å²) in [5.74, 6) is -1.75. The highest BCUT2D eigenvalue weighted by Crippen LogP contribution is 2.23. The van der Waals surface area contributed by atoms with E-state index in [2.05, 4.69) is 21.9 Å². The van der Waals surface area contributed by atoms with Gasteiger partial charge >= 0.3 is 0 Å². The van der Waals surface area contributed by atoms with Gasteiger partial charge in [0.2, 0.25) is 5.91 Å². The molecule has 0 saturated heterocycles. The average molecular weight is 398 g/mol. The Kier molecular flexibility index (Phi) is 6.10. The van der Waals surface area contributed by atoms with Gasteiger partial charge in [0.15, 0.2) is 5.16 Å². The molecule has 144 valence electrons. The molecule has 2 amide bonds. The van der Waals surface area contributed by atoms with E-state index < -0.39 is 17.6 Å². The highest BCUT2D eigenvalue weighted by Gasteiger charge is 2.13. The molecule has 0 saturated carbocycles. The van der Waals surface area contributed by atoms with Crippen LogP contribution in [-0.4, -0.2) is 27.1 Å². The first-order valence-corrected chi connectivity index (χ1v) is 9.52. The maximum absolute atomic E-state index is 13.6. The van der Waals surface area contributed by atoms with Gasteiger partial charge in [-0.2, -0.15) is 0 Å². The van der Waals surface area contributed by atoms with Gasteiger partial charge in [-0.05, 0) is 37.6 Å². The Balaban J connectivity index is 1.58. The zero-order valence-electron chi connectivity index (χ0n) is 15.4. The number of hydrogen-bond donors (Lipinski definition) is 2. The second kappa shape index (κ2) is 8.71. The Labute approximate surface area is 166 Å². The van der Waals surface area contributed by atoms with Gasteiger partial charge in [0, 0.05) is 12.4 Å². The average Bonchev–Trinajstić information content (AvgIpc) is 3.13. The maximum Gasteiger partial charge on any atom is 0.272 e. The number of imidazole rings is 1. The highest BCUT2D eigenvalue weighted by molar-refractivity contribution is 7.99. The molecule has 0 fully saturated rings. The minimum Gasteiger partial charge on any atom is -0.295 e. The molecule has 0 aliphatic heterocycles. The molecule has 28 heavy (non-hydrogen) atoms. The van der Waals surface area contributed by atoms with E-state index in [4.69, 9.17) is 0 Å². The normalized spacial score (nSPS) is 10.5. The Hall–Kier alpha value is -3.13. The number of thioether (sulfide) groups is 1. The van der Waals surface area contributed by atoms with Crippen LogP contribution in [0.3, 0.4) is 0 Å². The lowest BCUT2D eigenvalue weighted by atomic mass is 10.1. The topological polar surface area (TPSA) is 76.0 Å². The molecule has 0 radical (unpaired) electrons. The molecule has 6 nitrogen and oxygen atoms in total. The fraction of sp³-hybridized carbons (Fsp3) is 0.150. The zero-order chi connectivity index (χ0) is 20.1. The number of benzene rings is 2. The van der Waals surface area contributed by atoms with Crippen molar-refractivity contribution in [2.45, 2.75) is 19.0 Å². The van der Waals surface area contributed by atoms with Crippen molar-refractivity contribution in [3.05, 3.63) is 77.4 Å². The van der Waals surface area contributed by atoms with Crippen molar-refractivity contribution in [1.29, 1.82) is 0 Å². The SMILES string of the molecule is Cc1ccc(-n2ccnc2SCC(=O)NNC(=O)c2ccccc2F)c(C)c1. The van der Waals surface area contributed by atoms with Crippen LogP contribution in [0.25, 0.3) is 5.69 Å². The van der Waals surface area contributed by atoms with Crippen LogP contribution in [0.15, 0.2) is 60.0 Å². The lowest BCUT2D eigenvalue weighted by Crippen LogP contribution is -2.42. The molecule has 0 bridgehead atoms. The third-order valence-corrected chi connectivity index (χ3v) is 4.95. The van der Waals surface area contributed by atoms with Crippen LogP contribution in [0.2, 0.25) is 0 Å². The first-order valence-electron chi connectivity index (χ1n) is 8.53. The van der Waals surface area contributed by atoms with Crippen molar-refractivity contribution in [2.24, 2.45) is 0 Å². The Morgan fingerprint density at radius 1 is 1.14 bits per heavy atom. The van der Waals surface area contributed by atoms with E-state index in [1.54, 1.807) is 12.3 Å². The summed E-state index contributed by atoms with van der Waals surface area (Å²) >= 11 is 1.23. The van der Waals surface area contributed by atoms with E-state index >= 15 is 0 Å². The molecule has 0 aliphatic carbocycles. The molecule has 0 spiro atoms. The second-order valence-corrected chi connectivity index (χ2v) is 7.08. The van der Waals surface area contributed by atoms with Crippen molar-refractivity contribution in [1.82, 2.24) is 20.4 Å². The van der Waals surface area contributed by atoms with Crippen molar-refractivity contribution < 1.29 is 14.0 Å². The number of aromatic nitrogens is 2. The Bertz CT molecular complexity index is 1020. The summed E-state index contributed by atoms with van der Waals surface area (Å²) in [6, 6.07) is 11.6. The maximum atomic E-state index is 13.6. The van der Waals surface area contributed by atoms with Crippen molar-refractivity contribution >= 4 is 23.6 Å². The van der Waals surface area contributed by atoms with Crippen molar-refractivity contribution in [2.75, 3.05) is 5.75 Å². The minimum atomic E-state index is -0.715. The van der Waals surface area contributed by atoms with Gasteiger partial charge in [0.25, 0.3) is 5.91 Å². The van der Waals surface area contributed by atoms with Crippen LogP contribution in [0.1, 0.15) is 21.5 Å². The molecule has 8 heteroatoms. The smallest absolute Gasteiger partial charge is 0.272 e. The number of nitrogens with one attached hydrogen (secondary N) is 2. The Morgan fingerprint density at radius 3 is 2.68 bits per heavy atom. The summed E-state index contributed by atoms with van der Waals surface area (Å²) < 4.78 is 15.5. The van der Waals surface area contributed by atoms with Crippen LogP contribution >= 0.6 is 11.8 Å². The van der Waals surface area contributed by atoms with Crippen LogP contribution in [-0.2, 0) is 4.79 Å². The van der Waals surface area contributed by atoms with E-state index in [9.17, 15) is 14.0 Å². The van der Waals surface area contributed by atoms with Crippen LogP contribution < -0.4 is 10.9 Å². The van der Waals surface area contributed by atoms with Crippen LogP contribution in [0.5, 0.6) is 0 Å². The van der Waals surface area contributed by atoms with Gasteiger partial charge in [-0.3, -0.25) is 25.0 Å². The van der Waals surface area contributed by atoms with E-state index in [1.165, 1.54) is 35.5 Å². The van der Waals surface area contributed by atoms with Crippen molar-refractivity contribution in [3.8, 4) is 5.69 Å². The first-order chi connectivity index (χ1) is 13.5. The molecule has 0 atom stereocenters. The van der Waals surface area contributed by atoms with Gasteiger partial charge < -0.3 is 0 Å². The van der Waals surface area contributed by atoms with Crippen LogP contribution in [0, 0.1) is 19.7 Å². The summed E-state index contributed by atoms with van der Waals surface area (Å²) in [4.78, 5) is 28.3. The van der Waals surface area contributed by atoms with E-state index in [-0.39, 0.29) is 11.3 Å². The quantitative estimate of drug-likeness (QED) is 0.511. The number of hydrazine groups is 1. The molecule has 1 aromatic heterocycles. The van der Waals surface area contributed by atoms with Gasteiger partial charge in [-0.25, -0.2) is 9.37 Å². The number of nitrogens with zero attached hydrogens (tertiary/aromatic N) is 2. The molecule has 2 aromatic carbocycles. The fourth-order valence-corrected chi connectivity index (χ4v) is 3.43. The summed E-state index contributed by atoms with van der Waals surface area (Å²) in [7, 11) is 0. The third-order valence-electron chi connectivity index (χ3n) is 3.98. The zero-order valence-corrected chi connectivity index (χ0v) is 16.2. The summed E-state index contributed by atoms with van der Waals surface area (Å²) in [5, 5.41) is 0.655. The highest BCUT2D eigenvalue weighted by atomic mass is 32.2. The molecule has 1 heterocycles. The summed E-state index contributed by atoms with van der Waals surface area (Å²) in [6.45, 7) is 4.04. The Morgan fingerprint density at radius 2 is 1.93 bits per heavy atom. The molecule has 3 rings (SSSR count). The molecule has 0 aliphatic rings. The number of rotatable bonds is 5. The minimum absolute atomic E-state index is 0.0411. The standard InChI is InChI=1S/C20H19FN4O2S/c1-13-7-8-17(14(2)11-13)25-10-9-22-20(25)28-12-18(26)23-24-19(27)15-5-3-4-6-16(15)21/h3-11H,12H2,1-2H3,(H,23,26)(H,24,27).